The number of nitrogens with zero attached hydrogens (tertiary/aromatic N) is 2. The van der Waals surface area contributed by atoms with Gasteiger partial charge in [0.15, 0.2) is 0 Å². The second kappa shape index (κ2) is 14.7. The van der Waals surface area contributed by atoms with Crippen molar-refractivity contribution in [2.45, 2.75) is 57.1 Å². The molecule has 0 aliphatic rings. The zero-order chi connectivity index (χ0) is 33.6. The number of aryl methyl sites for hydroxylation is 1. The predicted octanol–water partition coefficient (Wildman–Crippen LogP) is 7.19. The van der Waals surface area contributed by atoms with Crippen molar-refractivity contribution in [3.63, 3.8) is 0 Å². The first kappa shape index (κ1) is 34.9. The Bertz CT molecular complexity index is 1780. The highest BCUT2D eigenvalue weighted by atomic mass is 35.5. The van der Waals surface area contributed by atoms with Gasteiger partial charge in [0.25, 0.3) is 10.0 Å². The van der Waals surface area contributed by atoms with Crippen molar-refractivity contribution in [1.29, 1.82) is 0 Å². The van der Waals surface area contributed by atoms with E-state index in [0.29, 0.717) is 0 Å². The van der Waals surface area contributed by atoms with Crippen molar-refractivity contribution in [3.8, 4) is 0 Å². The fourth-order valence-electron chi connectivity index (χ4n) is 4.87. The van der Waals surface area contributed by atoms with E-state index in [2.05, 4.69) is 5.32 Å². The van der Waals surface area contributed by atoms with E-state index in [0.717, 1.165) is 15.4 Å². The van der Waals surface area contributed by atoms with Crippen molar-refractivity contribution in [2.24, 2.45) is 0 Å². The lowest BCUT2D eigenvalue weighted by atomic mass is 10.0. The van der Waals surface area contributed by atoms with E-state index in [9.17, 15) is 18.0 Å². The topological polar surface area (TPSA) is 86.8 Å². The van der Waals surface area contributed by atoms with Crippen LogP contribution in [0.4, 0.5) is 10.1 Å². The van der Waals surface area contributed by atoms with E-state index >= 15 is 4.39 Å². The van der Waals surface area contributed by atoms with Gasteiger partial charge in [-0.05, 0) is 69.7 Å². The number of sulfonamides is 1. The number of rotatable bonds is 11. The summed E-state index contributed by atoms with van der Waals surface area (Å²) in [5.41, 5.74) is 1.16. The number of hydrogen-bond donors (Lipinski definition) is 1. The van der Waals surface area contributed by atoms with E-state index in [-0.39, 0.29) is 39.2 Å². The van der Waals surface area contributed by atoms with Crippen LogP contribution < -0.4 is 9.62 Å². The highest BCUT2D eigenvalue weighted by Gasteiger charge is 2.36. The first-order chi connectivity index (χ1) is 21.6. The molecule has 0 unspecified atom stereocenters. The van der Waals surface area contributed by atoms with Crippen LogP contribution in [-0.4, -0.2) is 43.3 Å². The minimum Gasteiger partial charge on any atom is -0.350 e. The molecule has 4 aromatic carbocycles. The Morgan fingerprint density at radius 2 is 1.46 bits per heavy atom. The number of carbonyl (C=O) groups is 2. The highest BCUT2D eigenvalue weighted by Crippen LogP contribution is 2.30. The predicted molar refractivity (Wildman–Crippen MR) is 181 cm³/mol. The van der Waals surface area contributed by atoms with Gasteiger partial charge in [0.2, 0.25) is 11.8 Å². The van der Waals surface area contributed by atoms with Crippen molar-refractivity contribution in [2.75, 3.05) is 10.8 Å². The summed E-state index contributed by atoms with van der Waals surface area (Å²) in [5.74, 6) is -1.78. The Morgan fingerprint density at radius 3 is 2.04 bits per heavy atom. The molecule has 46 heavy (non-hydrogen) atoms. The highest BCUT2D eigenvalue weighted by molar-refractivity contribution is 7.92. The van der Waals surface area contributed by atoms with Gasteiger partial charge >= 0.3 is 0 Å². The molecule has 0 radical (unpaired) electrons. The second-order valence-corrected chi connectivity index (χ2v) is 14.7. The lowest BCUT2D eigenvalue weighted by molar-refractivity contribution is -0.140. The molecule has 1 N–H and O–H groups in total. The van der Waals surface area contributed by atoms with Crippen LogP contribution in [0.2, 0.25) is 10.0 Å². The molecular weight excluding hydrogens is 648 g/mol. The van der Waals surface area contributed by atoms with Crippen LogP contribution in [0.5, 0.6) is 0 Å². The normalized spacial score (nSPS) is 12.3. The molecule has 242 valence electrons. The third kappa shape index (κ3) is 9.09. The minimum absolute atomic E-state index is 0.0519. The number of hydrogen-bond acceptors (Lipinski definition) is 4. The number of carbonyl (C=O) groups excluding carboxylic acids is 2. The summed E-state index contributed by atoms with van der Waals surface area (Å²) >= 11 is 12.6. The molecule has 4 rings (SSSR count). The molecule has 0 aromatic heterocycles. The summed E-state index contributed by atoms with van der Waals surface area (Å²) in [7, 11) is -4.35. The van der Waals surface area contributed by atoms with Crippen molar-refractivity contribution >= 4 is 50.7 Å². The summed E-state index contributed by atoms with van der Waals surface area (Å²) in [6, 6.07) is 24.3. The van der Waals surface area contributed by atoms with Crippen LogP contribution in [0.15, 0.2) is 102 Å². The van der Waals surface area contributed by atoms with E-state index in [1.165, 1.54) is 53.4 Å². The third-order valence-electron chi connectivity index (χ3n) is 7.09. The van der Waals surface area contributed by atoms with E-state index in [1.54, 1.807) is 18.2 Å². The summed E-state index contributed by atoms with van der Waals surface area (Å²) in [6.07, 6.45) is 0.0939. The standard InChI is InChI=1S/C35H36Cl2FN3O4S/c1-24-14-16-30(17-15-24)46(44,45)41(29-20-27(36)19-28(37)21-29)23-33(42)40(22-26-12-8-9-13-31(26)38)32(34(43)39-35(2,3)4)18-25-10-6-5-7-11-25/h5-17,19-21,32H,18,22-23H2,1-4H3,(H,39,43)/t32-/m1/s1. The molecule has 2 amide bonds. The Morgan fingerprint density at radius 1 is 0.870 bits per heavy atom. The monoisotopic (exact) mass is 683 g/mol. The largest absolute Gasteiger partial charge is 0.350 e. The molecule has 11 heteroatoms. The molecular formula is C35H36Cl2FN3O4S. The van der Waals surface area contributed by atoms with E-state index < -0.39 is 45.8 Å². The van der Waals surface area contributed by atoms with Gasteiger partial charge < -0.3 is 10.2 Å². The zero-order valence-corrected chi connectivity index (χ0v) is 28.3. The number of anilines is 1. The molecule has 0 aliphatic heterocycles. The van der Waals surface area contributed by atoms with Crippen molar-refractivity contribution in [1.82, 2.24) is 10.2 Å². The molecule has 0 spiro atoms. The third-order valence-corrected chi connectivity index (χ3v) is 9.32. The SMILES string of the molecule is Cc1ccc(S(=O)(=O)N(CC(=O)N(Cc2ccccc2F)[C@H](Cc2ccccc2)C(=O)NC(C)(C)C)c2cc(Cl)cc(Cl)c2)cc1. The number of benzene rings is 4. The average molecular weight is 685 g/mol. The van der Waals surface area contributed by atoms with Crippen LogP contribution >= 0.6 is 23.2 Å². The first-order valence-corrected chi connectivity index (χ1v) is 16.8. The van der Waals surface area contributed by atoms with Crippen molar-refractivity contribution in [3.05, 3.63) is 130 Å². The maximum atomic E-state index is 15.1. The summed E-state index contributed by atoms with van der Waals surface area (Å²) in [6.45, 7) is 6.24. The van der Waals surface area contributed by atoms with Crippen LogP contribution in [-0.2, 0) is 32.6 Å². The van der Waals surface area contributed by atoms with Gasteiger partial charge in [-0.25, -0.2) is 12.8 Å². The molecule has 0 saturated heterocycles. The maximum Gasteiger partial charge on any atom is 0.264 e. The second-order valence-electron chi connectivity index (χ2n) is 12.0. The molecule has 7 nitrogen and oxygen atoms in total. The average Bonchev–Trinajstić information content (AvgIpc) is 2.97. The van der Waals surface area contributed by atoms with Crippen LogP contribution in [0.3, 0.4) is 0 Å². The molecule has 0 saturated carbocycles. The van der Waals surface area contributed by atoms with Gasteiger partial charge in [-0.3, -0.25) is 13.9 Å². The fraction of sp³-hybridized carbons (Fsp3) is 0.257. The zero-order valence-electron chi connectivity index (χ0n) is 26.0. The molecule has 0 heterocycles. The summed E-state index contributed by atoms with van der Waals surface area (Å²) < 4.78 is 44.3. The summed E-state index contributed by atoms with van der Waals surface area (Å²) in [4.78, 5) is 29.6. The van der Waals surface area contributed by atoms with Gasteiger partial charge in [0, 0.05) is 34.1 Å². The van der Waals surface area contributed by atoms with Gasteiger partial charge in [-0.1, -0.05) is 89.4 Å². The lowest BCUT2D eigenvalue weighted by Gasteiger charge is -2.35. The maximum absolute atomic E-state index is 15.1. The molecule has 0 fully saturated rings. The quantitative estimate of drug-likeness (QED) is 0.181. The van der Waals surface area contributed by atoms with Crippen LogP contribution in [0.25, 0.3) is 0 Å². The molecule has 1 atom stereocenters. The van der Waals surface area contributed by atoms with Gasteiger partial charge in [0.1, 0.15) is 18.4 Å². The molecule has 0 bridgehead atoms. The molecule has 0 aliphatic carbocycles. The van der Waals surface area contributed by atoms with Gasteiger partial charge in [0.05, 0.1) is 10.6 Å². The minimum atomic E-state index is -4.35. The fourth-order valence-corrected chi connectivity index (χ4v) is 6.78. The van der Waals surface area contributed by atoms with Gasteiger partial charge in [-0.2, -0.15) is 0 Å². The van der Waals surface area contributed by atoms with Crippen molar-refractivity contribution < 1.29 is 22.4 Å². The Kier molecular flexibility index (Phi) is 11.1. The summed E-state index contributed by atoms with van der Waals surface area (Å²) in [5, 5.41) is 3.27. The molecule has 4 aromatic rings. The smallest absolute Gasteiger partial charge is 0.264 e. The Labute approximate surface area is 280 Å². The van der Waals surface area contributed by atoms with E-state index in [4.69, 9.17) is 23.2 Å². The van der Waals surface area contributed by atoms with Crippen LogP contribution in [0, 0.1) is 12.7 Å². The number of halogens is 3. The van der Waals surface area contributed by atoms with Gasteiger partial charge in [-0.15, -0.1) is 0 Å². The number of nitrogens with one attached hydrogen (secondary N) is 1. The number of amides is 2. The van der Waals surface area contributed by atoms with Crippen LogP contribution in [0.1, 0.15) is 37.5 Å². The van der Waals surface area contributed by atoms with E-state index in [1.807, 2.05) is 58.0 Å². The lowest BCUT2D eigenvalue weighted by Crippen LogP contribution is -2.56. The Hall–Kier alpha value is -3.92. The first-order valence-electron chi connectivity index (χ1n) is 14.6. The Balaban J connectivity index is 1.85.